The van der Waals surface area contributed by atoms with Crippen molar-refractivity contribution in [3.63, 3.8) is 0 Å². The van der Waals surface area contributed by atoms with Gasteiger partial charge < -0.3 is 94.7 Å². The predicted molar refractivity (Wildman–Crippen MR) is 472 cm³/mol. The monoisotopic (exact) mass is 1720 g/mol. The van der Waals surface area contributed by atoms with Gasteiger partial charge in [-0.25, -0.2) is 0 Å². The van der Waals surface area contributed by atoms with E-state index in [1.807, 2.05) is 347 Å². The molecule has 11 aromatic carbocycles. The topological polar surface area (TPSA) is 233 Å². The molecule has 5 fully saturated rings. The number of fused-ring (bicyclic) bond motifs is 1. The lowest BCUT2D eigenvalue weighted by molar-refractivity contribution is -0.393. The van der Waals surface area contributed by atoms with E-state index in [1.165, 1.54) is 0 Å². The molecule has 127 heavy (non-hydrogen) atoms. The van der Waals surface area contributed by atoms with Crippen LogP contribution in [0, 0.1) is 0 Å². The Morgan fingerprint density at radius 1 is 0.244 bits per heavy atom. The van der Waals surface area contributed by atoms with Crippen LogP contribution in [0.5, 0.6) is 0 Å². The van der Waals surface area contributed by atoms with Crippen LogP contribution < -0.4 is 0 Å². The van der Waals surface area contributed by atoms with Gasteiger partial charge in [0.25, 0.3) is 0 Å². The zero-order chi connectivity index (χ0) is 86.5. The van der Waals surface area contributed by atoms with E-state index < -0.39 is 129 Å². The quantitative estimate of drug-likeness (QED) is 0.0196. The average molecular weight is 1720 g/mol. The van der Waals surface area contributed by atoms with Crippen LogP contribution in [0.15, 0.2) is 339 Å². The highest BCUT2D eigenvalue weighted by Crippen LogP contribution is 2.44. The van der Waals surface area contributed by atoms with Gasteiger partial charge in [-0.1, -0.05) is 339 Å². The fourth-order valence-electron chi connectivity index (χ4n) is 16.6. The first kappa shape index (κ1) is 90.3. The van der Waals surface area contributed by atoms with Crippen LogP contribution in [0.1, 0.15) is 75.0 Å². The van der Waals surface area contributed by atoms with E-state index >= 15 is 0 Å². The molecule has 0 saturated carbocycles. The Morgan fingerprint density at radius 3 is 0.850 bits per heavy atom. The van der Waals surface area contributed by atoms with E-state index in [0.717, 1.165) is 61.2 Å². The first-order valence-electron chi connectivity index (χ1n) is 43.7. The first-order valence-corrected chi connectivity index (χ1v) is 43.7. The van der Waals surface area contributed by atoms with Crippen molar-refractivity contribution in [3.8, 4) is 0 Å². The summed E-state index contributed by atoms with van der Waals surface area (Å²) in [7, 11) is 0. The van der Waals surface area contributed by atoms with Crippen molar-refractivity contribution in [1.82, 2.24) is 0 Å². The Hall–Kier alpha value is -10.1. The molecular formula is C104H111N3O20. The maximum atomic E-state index is 11.4. The molecule has 11 aromatic rings. The summed E-state index contributed by atoms with van der Waals surface area (Å²) >= 11 is 0. The number of nitrogens with zero attached hydrogens (tertiary/aromatic N) is 3. The van der Waals surface area contributed by atoms with Crippen LogP contribution >= 0.6 is 0 Å². The minimum atomic E-state index is -1.58. The van der Waals surface area contributed by atoms with Gasteiger partial charge in [0.05, 0.1) is 99.1 Å². The second-order valence-electron chi connectivity index (χ2n) is 32.6. The van der Waals surface area contributed by atoms with Gasteiger partial charge in [0.1, 0.15) is 97.6 Å². The third-order valence-electron chi connectivity index (χ3n) is 22.8. The SMILES string of the molecule is CC1(C)O[C@H]2[C@@H](O1)[C@@H](COCc1ccccc1)O[C@@H](O[C@H]1[C@H](OCc3ccccc3)[C@@H](N=[N+]=[N-])[C@H](O[C@H]3[C@@H](OCc4ccccc4)[C@@H](COCc4ccccc4)O[C@@H](O[C@H]4[C@H](OCc5ccccc5)[C@@H](OCc5ccccc5)[C@H](OCc5ccccc5)O[C@@H]4COCc4ccccc4)[C@@H]3OCc3ccccc3)O[C@@H]1COCc1ccccc1)[C@@H]2OCc1ccccc1. The molecule has 0 spiro atoms. The minimum absolute atomic E-state index is 0.0145. The van der Waals surface area contributed by atoms with Crippen molar-refractivity contribution >= 4 is 0 Å². The molecule has 0 aromatic heterocycles. The van der Waals surface area contributed by atoms with Gasteiger partial charge in [-0.3, -0.25) is 0 Å². The highest BCUT2D eigenvalue weighted by atomic mass is 16.8. The minimum Gasteiger partial charge on any atom is -0.374 e. The molecule has 5 heterocycles. The zero-order valence-corrected chi connectivity index (χ0v) is 71.4. The third kappa shape index (κ3) is 25.7. The van der Waals surface area contributed by atoms with Gasteiger partial charge in [0, 0.05) is 4.91 Å². The molecule has 0 N–H and O–H groups in total. The van der Waals surface area contributed by atoms with E-state index in [1.54, 1.807) is 0 Å². The molecule has 5 aliphatic heterocycles. The molecule has 23 heteroatoms. The van der Waals surface area contributed by atoms with Gasteiger partial charge in [-0.05, 0) is 80.6 Å². The van der Waals surface area contributed by atoms with Crippen molar-refractivity contribution in [2.45, 2.75) is 215 Å². The molecule has 662 valence electrons. The Bertz CT molecular complexity index is 5000. The molecule has 0 unspecified atom stereocenters. The van der Waals surface area contributed by atoms with Gasteiger partial charge >= 0.3 is 0 Å². The molecule has 5 saturated heterocycles. The molecule has 0 aliphatic carbocycles. The third-order valence-corrected chi connectivity index (χ3v) is 22.8. The van der Waals surface area contributed by atoms with E-state index in [4.69, 9.17) is 99.9 Å². The van der Waals surface area contributed by atoms with Crippen LogP contribution in [0.25, 0.3) is 10.4 Å². The number of rotatable bonds is 44. The summed E-state index contributed by atoms with van der Waals surface area (Å²) in [5.41, 5.74) is 21.1. The number of azide groups is 1. The lowest BCUT2D eigenvalue weighted by Crippen LogP contribution is -2.68. The zero-order valence-electron chi connectivity index (χ0n) is 71.4. The summed E-state index contributed by atoms with van der Waals surface area (Å²) in [6.07, 6.45) is -21.4. The Morgan fingerprint density at radius 2 is 0.488 bits per heavy atom. The number of hydrogen-bond acceptors (Lipinski definition) is 21. The summed E-state index contributed by atoms with van der Waals surface area (Å²) < 4.78 is 146. The molecule has 5 aliphatic rings. The van der Waals surface area contributed by atoms with Crippen molar-refractivity contribution in [2.75, 3.05) is 26.4 Å². The standard InChI is InChI=1S/C104H111N3O20/c1-104(2)126-92-87(72-111-61-76-42-20-6-21-43-76)122-103(99(96(92)127-104)117-67-82-54-32-12-33-55-82)123-90-85(70-109-59-74-38-16-4-17-39-74)119-100(88(106-107-105)93(90)113-63-78-46-24-8-25-47-78)125-95-89(112-62-77-44-22-7-23-45-77)84(69-108-58-73-36-14-3-15-37-73)121-102(98(95)116-66-81-52-30-11-31-53-81)124-91-86(71-110-60-75-40-18-5-19-41-75)120-101(118-68-83-56-34-13-35-57-83)97(115-65-80-50-28-10-29-51-80)94(91)114-64-79-48-26-9-27-49-79/h3-57,84-103H,58-72H2,1-2H3/t84-,85-,86-,87-,88-,89+,90-,91-,92+,93-,94+,95+,96+,97-,98-,99-,100+,101-,102+,103+/m1/s1. The van der Waals surface area contributed by atoms with E-state index in [-0.39, 0.29) is 99.1 Å². The van der Waals surface area contributed by atoms with E-state index in [2.05, 4.69) is 4.91 Å². The lowest BCUT2D eigenvalue weighted by atomic mass is 9.94. The summed E-state index contributed by atoms with van der Waals surface area (Å²) in [6.45, 7) is 4.83. The molecule has 16 rings (SSSR count). The van der Waals surface area contributed by atoms with Crippen molar-refractivity contribution in [2.24, 2.45) is 5.11 Å². The second kappa shape index (κ2) is 46.8. The normalized spacial score (nSPS) is 26.8. The highest BCUT2D eigenvalue weighted by Gasteiger charge is 2.61. The van der Waals surface area contributed by atoms with Gasteiger partial charge in [-0.2, -0.15) is 0 Å². The second-order valence-corrected chi connectivity index (χ2v) is 32.6. The van der Waals surface area contributed by atoms with Crippen LogP contribution in [0.3, 0.4) is 0 Å². The summed E-state index contributed by atoms with van der Waals surface area (Å²) in [6, 6.07) is 107. The summed E-state index contributed by atoms with van der Waals surface area (Å²) in [4.78, 5) is 3.66. The smallest absolute Gasteiger partial charge is 0.187 e. The summed E-state index contributed by atoms with van der Waals surface area (Å²) in [5, 5.41) is 4.74. The number of benzene rings is 11. The fraction of sp³-hybridized carbons (Fsp3) is 0.365. The Balaban J connectivity index is 0.832. The van der Waals surface area contributed by atoms with Crippen LogP contribution in [0.4, 0.5) is 0 Å². The molecule has 0 radical (unpaired) electrons. The van der Waals surface area contributed by atoms with Crippen molar-refractivity contribution in [1.29, 1.82) is 0 Å². The highest BCUT2D eigenvalue weighted by molar-refractivity contribution is 5.23. The molecule has 20 atom stereocenters. The molecular weight excluding hydrogens is 1610 g/mol. The van der Waals surface area contributed by atoms with Gasteiger partial charge in [0.15, 0.2) is 30.9 Å². The summed E-state index contributed by atoms with van der Waals surface area (Å²) in [5.74, 6) is -1.10. The van der Waals surface area contributed by atoms with Gasteiger partial charge in [-0.15, -0.1) is 0 Å². The number of hydrogen-bond donors (Lipinski definition) is 0. The molecule has 23 nitrogen and oxygen atoms in total. The largest absolute Gasteiger partial charge is 0.374 e. The van der Waals surface area contributed by atoms with Crippen LogP contribution in [-0.2, 0) is 167 Å². The van der Waals surface area contributed by atoms with E-state index in [0.29, 0.717) is 0 Å². The maximum absolute atomic E-state index is 11.4. The molecule has 0 bridgehead atoms. The lowest BCUT2D eigenvalue weighted by Gasteiger charge is -2.52. The van der Waals surface area contributed by atoms with Crippen LogP contribution in [-0.4, -0.2) is 155 Å². The van der Waals surface area contributed by atoms with E-state index in [9.17, 15) is 5.53 Å². The maximum Gasteiger partial charge on any atom is 0.187 e. The fourth-order valence-corrected chi connectivity index (χ4v) is 16.6. The van der Waals surface area contributed by atoms with Crippen molar-refractivity contribution in [3.05, 3.63) is 405 Å². The van der Waals surface area contributed by atoms with Crippen molar-refractivity contribution < 1.29 is 94.7 Å². The van der Waals surface area contributed by atoms with Crippen LogP contribution in [0.2, 0.25) is 0 Å². The predicted octanol–water partition coefficient (Wildman–Crippen LogP) is 17.8. The first-order chi connectivity index (χ1) is 62.7. The molecule has 0 amide bonds. The Kier molecular flexibility index (Phi) is 33.3. The Labute approximate surface area is 742 Å². The number of ether oxygens (including phenoxy) is 20. The average Bonchev–Trinajstić information content (AvgIpc) is 1.71. The van der Waals surface area contributed by atoms with Gasteiger partial charge in [0.2, 0.25) is 0 Å².